The minimum Gasteiger partial charge on any atom is -0.409 e. The van der Waals surface area contributed by atoms with Crippen LogP contribution >= 0.6 is 0 Å². The van der Waals surface area contributed by atoms with Gasteiger partial charge in [-0.05, 0) is 38.1 Å². The van der Waals surface area contributed by atoms with Crippen LogP contribution in [-0.2, 0) is 0 Å². The van der Waals surface area contributed by atoms with Gasteiger partial charge in [-0.3, -0.25) is 0 Å². The number of rotatable bonds is 5. The first-order valence-corrected chi connectivity index (χ1v) is 5.82. The van der Waals surface area contributed by atoms with Gasteiger partial charge in [0.2, 0.25) is 0 Å². The van der Waals surface area contributed by atoms with Crippen LogP contribution in [0, 0.1) is 5.41 Å². The zero-order valence-electron chi connectivity index (χ0n) is 9.45. The summed E-state index contributed by atoms with van der Waals surface area (Å²) < 4.78 is 0. The van der Waals surface area contributed by atoms with Crippen LogP contribution in [0.1, 0.15) is 38.5 Å². The molecular formula is C11H21N3O. The molecule has 0 saturated heterocycles. The Morgan fingerprint density at radius 3 is 2.60 bits per heavy atom. The van der Waals surface area contributed by atoms with Crippen LogP contribution in [0.4, 0.5) is 0 Å². The molecule has 0 aromatic rings. The first-order valence-electron chi connectivity index (χ1n) is 5.82. The van der Waals surface area contributed by atoms with Crippen molar-refractivity contribution in [3.8, 4) is 0 Å². The molecule has 2 rings (SSSR count). The molecule has 0 aromatic carbocycles. The maximum absolute atomic E-state index is 8.58. The Morgan fingerprint density at radius 2 is 2.20 bits per heavy atom. The summed E-state index contributed by atoms with van der Waals surface area (Å²) in [4.78, 5) is 2.46. The van der Waals surface area contributed by atoms with Gasteiger partial charge in [0.1, 0.15) is 5.84 Å². The van der Waals surface area contributed by atoms with Gasteiger partial charge in [-0.1, -0.05) is 11.6 Å². The number of nitrogens with zero attached hydrogens (tertiary/aromatic N) is 2. The molecule has 15 heavy (non-hydrogen) atoms. The molecule has 2 aliphatic carbocycles. The molecule has 2 fully saturated rings. The molecule has 4 heteroatoms. The van der Waals surface area contributed by atoms with Gasteiger partial charge in [-0.2, -0.15) is 0 Å². The summed E-state index contributed by atoms with van der Waals surface area (Å²) in [5.41, 5.74) is 5.90. The summed E-state index contributed by atoms with van der Waals surface area (Å²) in [6.45, 7) is 1.11. The van der Waals surface area contributed by atoms with E-state index in [0.717, 1.165) is 19.0 Å². The molecule has 0 bridgehead atoms. The van der Waals surface area contributed by atoms with Crippen molar-refractivity contribution in [1.29, 1.82) is 0 Å². The number of amidine groups is 1. The fourth-order valence-electron chi connectivity index (χ4n) is 2.47. The first-order chi connectivity index (χ1) is 7.15. The standard InChI is InChI=1S/C11H21N3O/c1-14(9-3-2-4-9)8-11(5-6-11)7-10(12)13-15/h9,15H,2-8H2,1H3,(H2,12,13). The third kappa shape index (κ3) is 2.43. The van der Waals surface area contributed by atoms with E-state index in [9.17, 15) is 0 Å². The van der Waals surface area contributed by atoms with Gasteiger partial charge < -0.3 is 15.8 Å². The van der Waals surface area contributed by atoms with Crippen molar-refractivity contribution < 1.29 is 5.21 Å². The second kappa shape index (κ2) is 4.00. The monoisotopic (exact) mass is 211 g/mol. The molecule has 0 aliphatic heterocycles. The van der Waals surface area contributed by atoms with Gasteiger partial charge in [-0.15, -0.1) is 0 Å². The second-order valence-electron chi connectivity index (χ2n) is 5.27. The molecule has 4 nitrogen and oxygen atoms in total. The van der Waals surface area contributed by atoms with Gasteiger partial charge >= 0.3 is 0 Å². The van der Waals surface area contributed by atoms with Crippen LogP contribution in [0.5, 0.6) is 0 Å². The predicted octanol–water partition coefficient (Wildman–Crippen LogP) is 1.39. The van der Waals surface area contributed by atoms with Gasteiger partial charge in [-0.25, -0.2) is 0 Å². The zero-order chi connectivity index (χ0) is 10.9. The molecule has 0 unspecified atom stereocenters. The van der Waals surface area contributed by atoms with E-state index in [2.05, 4.69) is 17.1 Å². The molecule has 2 aliphatic rings. The average Bonchev–Trinajstić information content (AvgIpc) is 2.81. The Morgan fingerprint density at radius 1 is 1.53 bits per heavy atom. The summed E-state index contributed by atoms with van der Waals surface area (Å²) in [6.07, 6.45) is 7.26. The minimum absolute atomic E-state index is 0.320. The quantitative estimate of drug-likeness (QED) is 0.312. The van der Waals surface area contributed by atoms with Crippen LogP contribution in [0.3, 0.4) is 0 Å². The van der Waals surface area contributed by atoms with E-state index >= 15 is 0 Å². The Balaban J connectivity index is 1.82. The summed E-state index contributed by atoms with van der Waals surface area (Å²) in [5.74, 6) is 0.384. The van der Waals surface area contributed by atoms with Crippen LogP contribution in [0.25, 0.3) is 0 Å². The maximum atomic E-state index is 8.58. The van der Waals surface area contributed by atoms with Crippen molar-refractivity contribution in [2.24, 2.45) is 16.3 Å². The lowest BCUT2D eigenvalue weighted by Gasteiger charge is -2.37. The van der Waals surface area contributed by atoms with E-state index in [1.165, 1.54) is 32.1 Å². The Hall–Kier alpha value is -0.770. The van der Waals surface area contributed by atoms with Crippen LogP contribution < -0.4 is 5.73 Å². The normalized spacial score (nSPS) is 25.3. The summed E-state index contributed by atoms with van der Waals surface area (Å²) in [7, 11) is 2.20. The summed E-state index contributed by atoms with van der Waals surface area (Å²) >= 11 is 0. The lowest BCUT2D eigenvalue weighted by molar-refractivity contribution is 0.132. The molecule has 86 valence electrons. The van der Waals surface area contributed by atoms with E-state index in [4.69, 9.17) is 10.9 Å². The topological polar surface area (TPSA) is 61.8 Å². The van der Waals surface area contributed by atoms with Gasteiger partial charge in [0.25, 0.3) is 0 Å². The molecule has 3 N–H and O–H groups in total. The van der Waals surface area contributed by atoms with Crippen molar-refractivity contribution in [3.05, 3.63) is 0 Å². The first kappa shape index (κ1) is 10.7. The number of nitrogens with two attached hydrogens (primary N) is 1. The Kier molecular flexibility index (Phi) is 2.87. The fraction of sp³-hybridized carbons (Fsp3) is 0.909. The molecule has 2 saturated carbocycles. The van der Waals surface area contributed by atoms with Gasteiger partial charge in [0, 0.05) is 19.0 Å². The van der Waals surface area contributed by atoms with E-state index < -0.39 is 0 Å². The van der Waals surface area contributed by atoms with Crippen molar-refractivity contribution in [2.75, 3.05) is 13.6 Å². The average molecular weight is 211 g/mol. The van der Waals surface area contributed by atoms with Crippen molar-refractivity contribution >= 4 is 5.84 Å². The highest BCUT2D eigenvalue weighted by molar-refractivity contribution is 5.80. The third-order valence-electron chi connectivity index (χ3n) is 3.92. The SMILES string of the molecule is CN(CC1(CC(N)=NO)CC1)C1CCC1. The van der Waals surface area contributed by atoms with Crippen molar-refractivity contribution in [2.45, 2.75) is 44.6 Å². The highest BCUT2D eigenvalue weighted by Crippen LogP contribution is 2.49. The third-order valence-corrected chi connectivity index (χ3v) is 3.92. The van der Waals surface area contributed by atoms with Crippen LogP contribution in [0.2, 0.25) is 0 Å². The summed E-state index contributed by atoms with van der Waals surface area (Å²) in [6, 6.07) is 0.787. The largest absolute Gasteiger partial charge is 0.409 e. The van der Waals surface area contributed by atoms with Gasteiger partial charge in [0.05, 0.1) is 0 Å². The van der Waals surface area contributed by atoms with E-state index in [-0.39, 0.29) is 0 Å². The molecule has 0 amide bonds. The fourth-order valence-corrected chi connectivity index (χ4v) is 2.47. The van der Waals surface area contributed by atoms with Crippen LogP contribution in [-0.4, -0.2) is 35.6 Å². The number of hydrogen-bond acceptors (Lipinski definition) is 3. The molecule has 0 aromatic heterocycles. The van der Waals surface area contributed by atoms with Crippen molar-refractivity contribution in [1.82, 2.24) is 4.90 Å². The van der Waals surface area contributed by atoms with E-state index in [0.29, 0.717) is 11.3 Å². The minimum atomic E-state index is 0.320. The zero-order valence-corrected chi connectivity index (χ0v) is 9.45. The molecule has 0 atom stereocenters. The number of hydrogen-bond donors (Lipinski definition) is 2. The van der Waals surface area contributed by atoms with E-state index in [1.54, 1.807) is 0 Å². The van der Waals surface area contributed by atoms with Crippen molar-refractivity contribution in [3.63, 3.8) is 0 Å². The lowest BCUT2D eigenvalue weighted by Crippen LogP contribution is -2.41. The predicted molar refractivity (Wildman–Crippen MR) is 60.0 cm³/mol. The highest BCUT2D eigenvalue weighted by Gasteiger charge is 2.45. The number of oxime groups is 1. The molecule has 0 heterocycles. The lowest BCUT2D eigenvalue weighted by atomic mass is 9.90. The van der Waals surface area contributed by atoms with Crippen LogP contribution in [0.15, 0.2) is 5.16 Å². The smallest absolute Gasteiger partial charge is 0.139 e. The van der Waals surface area contributed by atoms with Gasteiger partial charge in [0.15, 0.2) is 0 Å². The molecular weight excluding hydrogens is 190 g/mol. The maximum Gasteiger partial charge on any atom is 0.139 e. The molecule has 0 spiro atoms. The second-order valence-corrected chi connectivity index (χ2v) is 5.27. The molecule has 0 radical (unpaired) electrons. The van der Waals surface area contributed by atoms with E-state index in [1.807, 2.05) is 0 Å². The Bertz CT molecular complexity index is 257. The summed E-state index contributed by atoms with van der Waals surface area (Å²) in [5, 5.41) is 11.7. The highest BCUT2D eigenvalue weighted by atomic mass is 16.4. The Labute approximate surface area is 91.1 Å².